The molecule has 0 saturated carbocycles. The van der Waals surface area contributed by atoms with Gasteiger partial charge in [-0.05, 0) is 11.8 Å². The Morgan fingerprint density at radius 1 is 1.35 bits per heavy atom. The van der Waals surface area contributed by atoms with Crippen molar-refractivity contribution in [2.24, 2.45) is 5.41 Å². The molecule has 0 fully saturated rings. The highest BCUT2D eigenvalue weighted by atomic mass is 16.5. The standard InChI is InChI=1S/C12H23NO4/c1-12(2,3)8-9(7-11(15)16)13-10(14)5-6-17-4/h9H,5-8H2,1-4H3,(H,13,14)(H,15,16). The van der Waals surface area contributed by atoms with Gasteiger partial charge in [0.25, 0.3) is 0 Å². The third-order valence-corrected chi connectivity index (χ3v) is 2.18. The Morgan fingerprint density at radius 2 is 1.94 bits per heavy atom. The van der Waals surface area contributed by atoms with Crippen molar-refractivity contribution in [2.75, 3.05) is 13.7 Å². The van der Waals surface area contributed by atoms with Gasteiger partial charge >= 0.3 is 5.97 Å². The molecule has 5 heteroatoms. The predicted molar refractivity (Wildman–Crippen MR) is 64.7 cm³/mol. The molecule has 0 aliphatic rings. The molecule has 1 atom stereocenters. The molecule has 100 valence electrons. The van der Waals surface area contributed by atoms with Crippen LogP contribution in [0.4, 0.5) is 0 Å². The minimum absolute atomic E-state index is 0.0192. The Bertz CT molecular complexity index is 258. The molecule has 0 aliphatic carbocycles. The van der Waals surface area contributed by atoms with E-state index in [1.807, 2.05) is 20.8 Å². The summed E-state index contributed by atoms with van der Waals surface area (Å²) in [6, 6.07) is -0.322. The molecule has 0 heterocycles. The van der Waals surface area contributed by atoms with Gasteiger partial charge < -0.3 is 15.2 Å². The molecule has 5 nitrogen and oxygen atoms in total. The van der Waals surface area contributed by atoms with Crippen LogP contribution in [0.25, 0.3) is 0 Å². The number of aliphatic carboxylic acids is 1. The summed E-state index contributed by atoms with van der Waals surface area (Å²) in [5.41, 5.74) is -0.0192. The number of nitrogens with one attached hydrogen (secondary N) is 1. The van der Waals surface area contributed by atoms with Crippen LogP contribution in [-0.2, 0) is 14.3 Å². The summed E-state index contributed by atoms with van der Waals surface area (Å²) in [7, 11) is 1.52. The molecule has 0 saturated heterocycles. The van der Waals surface area contributed by atoms with Gasteiger partial charge in [-0.25, -0.2) is 0 Å². The fourth-order valence-corrected chi connectivity index (χ4v) is 1.62. The monoisotopic (exact) mass is 245 g/mol. The topological polar surface area (TPSA) is 75.6 Å². The average molecular weight is 245 g/mol. The maximum Gasteiger partial charge on any atom is 0.305 e. The highest BCUT2D eigenvalue weighted by Crippen LogP contribution is 2.22. The minimum Gasteiger partial charge on any atom is -0.481 e. The molecular weight excluding hydrogens is 222 g/mol. The van der Waals surface area contributed by atoms with Crippen molar-refractivity contribution in [1.29, 1.82) is 0 Å². The van der Waals surface area contributed by atoms with Crippen LogP contribution in [0.5, 0.6) is 0 Å². The van der Waals surface area contributed by atoms with Gasteiger partial charge in [0.15, 0.2) is 0 Å². The van der Waals surface area contributed by atoms with E-state index in [0.717, 1.165) is 0 Å². The lowest BCUT2D eigenvalue weighted by atomic mass is 9.87. The fraction of sp³-hybridized carbons (Fsp3) is 0.833. The van der Waals surface area contributed by atoms with Gasteiger partial charge in [-0.2, -0.15) is 0 Å². The van der Waals surface area contributed by atoms with Crippen molar-refractivity contribution < 1.29 is 19.4 Å². The van der Waals surface area contributed by atoms with Crippen LogP contribution in [0.3, 0.4) is 0 Å². The van der Waals surface area contributed by atoms with Crippen LogP contribution in [0, 0.1) is 5.41 Å². The van der Waals surface area contributed by atoms with Gasteiger partial charge in [-0.15, -0.1) is 0 Å². The molecule has 2 N–H and O–H groups in total. The third-order valence-electron chi connectivity index (χ3n) is 2.18. The predicted octanol–water partition coefficient (Wildman–Crippen LogP) is 1.42. The number of hydrogen-bond acceptors (Lipinski definition) is 3. The molecule has 1 amide bonds. The molecule has 0 aromatic rings. The number of methoxy groups -OCH3 is 1. The summed E-state index contributed by atoms with van der Waals surface area (Å²) in [5.74, 6) is -1.06. The highest BCUT2D eigenvalue weighted by molar-refractivity contribution is 5.77. The Balaban J connectivity index is 4.28. The van der Waals surface area contributed by atoms with E-state index in [2.05, 4.69) is 5.32 Å². The Labute approximate surface area is 103 Å². The SMILES string of the molecule is COCCC(=O)NC(CC(=O)O)CC(C)(C)C. The Kier molecular flexibility index (Phi) is 6.80. The maximum absolute atomic E-state index is 11.5. The van der Waals surface area contributed by atoms with Gasteiger partial charge in [0.05, 0.1) is 13.0 Å². The summed E-state index contributed by atoms with van der Waals surface area (Å²) in [5, 5.41) is 11.5. The first kappa shape index (κ1) is 15.9. The first-order chi connectivity index (χ1) is 7.74. The minimum atomic E-state index is -0.897. The van der Waals surface area contributed by atoms with Crippen LogP contribution in [0.1, 0.15) is 40.0 Å². The lowest BCUT2D eigenvalue weighted by molar-refractivity contribution is -0.137. The van der Waals surface area contributed by atoms with Crippen molar-refractivity contribution >= 4 is 11.9 Å². The van der Waals surface area contributed by atoms with Crippen molar-refractivity contribution in [3.05, 3.63) is 0 Å². The van der Waals surface area contributed by atoms with E-state index in [1.54, 1.807) is 0 Å². The fourth-order valence-electron chi connectivity index (χ4n) is 1.62. The third kappa shape index (κ3) is 9.81. The summed E-state index contributed by atoms with van der Waals surface area (Å²) >= 11 is 0. The molecule has 0 aromatic heterocycles. The summed E-state index contributed by atoms with van der Waals surface area (Å²) < 4.78 is 4.80. The van der Waals surface area contributed by atoms with Crippen LogP contribution in [0.15, 0.2) is 0 Å². The summed E-state index contributed by atoms with van der Waals surface area (Å²) in [4.78, 5) is 22.2. The van der Waals surface area contributed by atoms with E-state index < -0.39 is 5.97 Å². The highest BCUT2D eigenvalue weighted by Gasteiger charge is 2.22. The van der Waals surface area contributed by atoms with Crippen LogP contribution in [0.2, 0.25) is 0 Å². The Hall–Kier alpha value is -1.10. The molecule has 0 radical (unpaired) electrons. The molecule has 0 bridgehead atoms. The number of carbonyl (C=O) groups excluding carboxylic acids is 1. The first-order valence-electron chi connectivity index (χ1n) is 5.74. The van der Waals surface area contributed by atoms with E-state index >= 15 is 0 Å². The number of carbonyl (C=O) groups is 2. The largest absolute Gasteiger partial charge is 0.481 e. The van der Waals surface area contributed by atoms with Crippen molar-refractivity contribution in [3.63, 3.8) is 0 Å². The maximum atomic E-state index is 11.5. The van der Waals surface area contributed by atoms with Gasteiger partial charge in [0.1, 0.15) is 0 Å². The number of carboxylic acids is 1. The zero-order valence-corrected chi connectivity index (χ0v) is 11.1. The lowest BCUT2D eigenvalue weighted by Gasteiger charge is -2.25. The summed E-state index contributed by atoms with van der Waals surface area (Å²) in [6.45, 7) is 6.40. The van der Waals surface area contributed by atoms with E-state index in [0.29, 0.717) is 13.0 Å². The van der Waals surface area contributed by atoms with Crippen LogP contribution >= 0.6 is 0 Å². The second kappa shape index (κ2) is 7.27. The molecule has 0 spiro atoms. The average Bonchev–Trinajstić information content (AvgIpc) is 2.10. The van der Waals surface area contributed by atoms with Gasteiger partial charge in [0.2, 0.25) is 5.91 Å². The molecular formula is C12H23NO4. The smallest absolute Gasteiger partial charge is 0.305 e. The number of hydrogen-bond donors (Lipinski definition) is 2. The van der Waals surface area contributed by atoms with Gasteiger partial charge in [-0.1, -0.05) is 20.8 Å². The first-order valence-corrected chi connectivity index (χ1v) is 5.74. The van der Waals surface area contributed by atoms with Gasteiger partial charge in [-0.3, -0.25) is 9.59 Å². The molecule has 0 aliphatic heterocycles. The zero-order chi connectivity index (χ0) is 13.5. The normalized spacial score (nSPS) is 13.2. The molecule has 1 unspecified atom stereocenters. The second-order valence-electron chi connectivity index (χ2n) is 5.37. The van der Waals surface area contributed by atoms with E-state index in [-0.39, 0.29) is 30.2 Å². The van der Waals surface area contributed by atoms with Crippen molar-refractivity contribution in [1.82, 2.24) is 5.32 Å². The lowest BCUT2D eigenvalue weighted by Crippen LogP contribution is -2.39. The summed E-state index contributed by atoms with van der Waals surface area (Å²) in [6.07, 6.45) is 0.852. The Morgan fingerprint density at radius 3 is 2.35 bits per heavy atom. The van der Waals surface area contributed by atoms with E-state index in [9.17, 15) is 9.59 Å². The molecule has 17 heavy (non-hydrogen) atoms. The zero-order valence-electron chi connectivity index (χ0n) is 11.1. The quantitative estimate of drug-likeness (QED) is 0.711. The number of ether oxygens (including phenoxy) is 1. The molecule has 0 aromatic carbocycles. The van der Waals surface area contributed by atoms with Crippen molar-refractivity contribution in [3.8, 4) is 0 Å². The van der Waals surface area contributed by atoms with Crippen LogP contribution < -0.4 is 5.32 Å². The van der Waals surface area contributed by atoms with E-state index in [4.69, 9.17) is 9.84 Å². The van der Waals surface area contributed by atoms with Gasteiger partial charge in [0, 0.05) is 19.6 Å². The van der Waals surface area contributed by atoms with E-state index in [1.165, 1.54) is 7.11 Å². The number of carboxylic acid groups (broad SMARTS) is 1. The second-order valence-corrected chi connectivity index (χ2v) is 5.37. The van der Waals surface area contributed by atoms with Crippen molar-refractivity contribution in [2.45, 2.75) is 46.1 Å². The number of amides is 1. The number of rotatable bonds is 7. The van der Waals surface area contributed by atoms with Crippen LogP contribution in [-0.4, -0.2) is 36.7 Å². The molecule has 0 rings (SSSR count).